The van der Waals surface area contributed by atoms with Crippen LogP contribution in [0.25, 0.3) is 22.3 Å². The van der Waals surface area contributed by atoms with Crippen LogP contribution in [0.15, 0.2) is 36.8 Å². The summed E-state index contributed by atoms with van der Waals surface area (Å²) in [6.45, 7) is 0.465. The van der Waals surface area contributed by atoms with Crippen LogP contribution in [0.5, 0.6) is 5.75 Å². The molecular weight excluding hydrogens is 520 g/mol. The maximum Gasteiger partial charge on any atom is 0.265 e. The highest BCUT2D eigenvalue weighted by Crippen LogP contribution is 2.34. The number of aliphatic hydroxyl groups is 1. The molecule has 14 heteroatoms. The zero-order chi connectivity index (χ0) is 27.9. The highest BCUT2D eigenvalue weighted by molar-refractivity contribution is 5.74. The number of hydrogen-bond acceptors (Lipinski definition) is 9. The third-order valence-electron chi connectivity index (χ3n) is 6.92. The minimum atomic E-state index is -3.01. The molecule has 0 amide bonds. The van der Waals surface area contributed by atoms with Gasteiger partial charge in [0, 0.05) is 36.5 Å². The highest BCUT2D eigenvalue weighted by Gasteiger charge is 2.43. The summed E-state index contributed by atoms with van der Waals surface area (Å²) in [6, 6.07) is 3.48. The number of halogens is 4. The van der Waals surface area contributed by atoms with Crippen molar-refractivity contribution in [1.82, 2.24) is 24.7 Å². The van der Waals surface area contributed by atoms with E-state index in [0.717, 1.165) is 12.1 Å². The molecule has 10 nitrogen and oxygen atoms in total. The fourth-order valence-corrected chi connectivity index (χ4v) is 4.90. The smallest absolute Gasteiger partial charge is 0.265 e. The van der Waals surface area contributed by atoms with Gasteiger partial charge in [-0.2, -0.15) is 10.1 Å². The zero-order valence-corrected chi connectivity index (χ0v) is 20.9. The number of nitrogen functional groups attached to an aromatic ring is 1. The van der Waals surface area contributed by atoms with Gasteiger partial charge in [0.05, 0.1) is 48.4 Å². The van der Waals surface area contributed by atoms with Gasteiger partial charge in [0.15, 0.2) is 17.2 Å². The molecule has 1 aliphatic heterocycles. The number of aromatic nitrogens is 5. The number of methoxy groups -OCH3 is 1. The number of ether oxygens (including phenoxy) is 1. The van der Waals surface area contributed by atoms with Crippen LogP contribution >= 0.6 is 0 Å². The van der Waals surface area contributed by atoms with Crippen molar-refractivity contribution in [2.75, 3.05) is 30.8 Å². The number of nitrogens with two attached hydrogens (primary N) is 2. The van der Waals surface area contributed by atoms with Crippen molar-refractivity contribution in [2.24, 2.45) is 5.73 Å². The maximum absolute atomic E-state index is 14.9. The van der Waals surface area contributed by atoms with E-state index in [2.05, 4.69) is 20.1 Å². The first kappa shape index (κ1) is 26.6. The number of benzene rings is 1. The third kappa shape index (κ3) is 5.04. The number of aliphatic hydroxyl groups excluding tert-OH is 1. The number of fused-ring (bicyclic) bond motifs is 1. The number of nitrogens with zero attached hydrogens (tertiary/aromatic N) is 6. The molecule has 206 valence electrons. The minimum Gasteiger partial charge on any atom is -0.494 e. The standard InChI is InChI=1S/C25H26F4N8O2/c1-39-20-7-16(26)15(6-17(20)27)18-5-13(11-37-23-14(9-34-37)8-33-24(30)35-23)19(10-32-18)36-4-2-3-25(31,12-36)21(38)22(28)29/h5-10,21-22,38H,2-4,11-12,31H2,1H3,(H2,30,33,35)/t21-,25-/m1/s1. The Balaban J connectivity index is 1.60. The lowest BCUT2D eigenvalue weighted by atomic mass is 9.84. The molecule has 0 bridgehead atoms. The molecule has 0 radical (unpaired) electrons. The summed E-state index contributed by atoms with van der Waals surface area (Å²) in [5.74, 6) is -1.72. The van der Waals surface area contributed by atoms with E-state index in [9.17, 15) is 22.7 Å². The molecule has 5 rings (SSSR count). The van der Waals surface area contributed by atoms with Crippen molar-refractivity contribution < 1.29 is 27.4 Å². The lowest BCUT2D eigenvalue weighted by Crippen LogP contribution is -2.63. The topological polar surface area (TPSA) is 141 Å². The SMILES string of the molecule is COc1cc(F)c(-c2cc(Cn3ncc4cnc(N)nc43)c(N3CCC[C@](N)([C@H](O)C(F)F)C3)cn2)cc1F. The molecule has 0 aliphatic carbocycles. The van der Waals surface area contributed by atoms with E-state index in [1.165, 1.54) is 19.5 Å². The second-order valence-electron chi connectivity index (χ2n) is 9.51. The average Bonchev–Trinajstić information content (AvgIpc) is 3.30. The molecule has 1 aliphatic rings. The van der Waals surface area contributed by atoms with Gasteiger partial charge in [-0.15, -0.1) is 0 Å². The van der Waals surface area contributed by atoms with Crippen LogP contribution < -0.4 is 21.1 Å². The van der Waals surface area contributed by atoms with Crippen LogP contribution in [0.1, 0.15) is 18.4 Å². The molecule has 5 N–H and O–H groups in total. The molecule has 39 heavy (non-hydrogen) atoms. The van der Waals surface area contributed by atoms with Crippen LogP contribution in [0.2, 0.25) is 0 Å². The number of pyridine rings is 1. The predicted molar refractivity (Wildman–Crippen MR) is 135 cm³/mol. The minimum absolute atomic E-state index is 0.0422. The summed E-state index contributed by atoms with van der Waals surface area (Å²) in [6.07, 6.45) is 0.127. The van der Waals surface area contributed by atoms with Gasteiger partial charge >= 0.3 is 0 Å². The van der Waals surface area contributed by atoms with Gasteiger partial charge < -0.3 is 26.2 Å². The van der Waals surface area contributed by atoms with Gasteiger partial charge in [0.25, 0.3) is 6.43 Å². The van der Waals surface area contributed by atoms with Gasteiger partial charge in [-0.25, -0.2) is 27.2 Å². The normalized spacial score (nSPS) is 18.6. The first-order valence-electron chi connectivity index (χ1n) is 12.1. The number of alkyl halides is 2. The third-order valence-corrected chi connectivity index (χ3v) is 6.92. The molecule has 1 fully saturated rings. The van der Waals surface area contributed by atoms with Gasteiger partial charge in [0.2, 0.25) is 5.95 Å². The molecule has 0 saturated carbocycles. The van der Waals surface area contributed by atoms with Crippen molar-refractivity contribution in [3.05, 3.63) is 54.0 Å². The molecule has 0 unspecified atom stereocenters. The zero-order valence-electron chi connectivity index (χ0n) is 20.9. The fraction of sp³-hybridized carbons (Fsp3) is 0.360. The molecule has 3 aromatic heterocycles. The summed E-state index contributed by atoms with van der Waals surface area (Å²) in [4.78, 5) is 14.3. The Hall–Kier alpha value is -4.04. The van der Waals surface area contributed by atoms with E-state index in [1.807, 2.05) is 0 Å². The van der Waals surface area contributed by atoms with Gasteiger partial charge in [0.1, 0.15) is 11.9 Å². The van der Waals surface area contributed by atoms with E-state index in [0.29, 0.717) is 35.2 Å². The van der Waals surface area contributed by atoms with Crippen molar-refractivity contribution in [3.63, 3.8) is 0 Å². The predicted octanol–water partition coefficient (Wildman–Crippen LogP) is 2.73. The second kappa shape index (κ2) is 10.3. The highest BCUT2D eigenvalue weighted by atomic mass is 19.3. The lowest BCUT2D eigenvalue weighted by Gasteiger charge is -2.44. The fourth-order valence-electron chi connectivity index (χ4n) is 4.90. The van der Waals surface area contributed by atoms with Crippen LogP contribution in [-0.4, -0.2) is 68.1 Å². The summed E-state index contributed by atoms with van der Waals surface area (Å²) in [5, 5.41) is 15.1. The van der Waals surface area contributed by atoms with E-state index in [4.69, 9.17) is 16.2 Å². The van der Waals surface area contributed by atoms with Gasteiger partial charge in [-0.3, -0.25) is 4.98 Å². The van der Waals surface area contributed by atoms with Crippen LogP contribution in [-0.2, 0) is 6.54 Å². The Bertz CT molecular complexity index is 1520. The van der Waals surface area contributed by atoms with Gasteiger partial charge in [-0.1, -0.05) is 0 Å². The van der Waals surface area contributed by atoms with Crippen LogP contribution in [0.4, 0.5) is 29.2 Å². The van der Waals surface area contributed by atoms with Crippen LogP contribution in [0, 0.1) is 11.6 Å². The molecule has 4 heterocycles. The number of rotatable bonds is 7. The Kier molecular flexibility index (Phi) is 6.99. The van der Waals surface area contributed by atoms with Crippen molar-refractivity contribution in [1.29, 1.82) is 0 Å². The van der Waals surface area contributed by atoms with Crippen LogP contribution in [0.3, 0.4) is 0 Å². The monoisotopic (exact) mass is 546 g/mol. The lowest BCUT2D eigenvalue weighted by molar-refractivity contribution is -0.0529. The molecule has 1 aromatic carbocycles. The van der Waals surface area contributed by atoms with Crippen molar-refractivity contribution >= 4 is 22.7 Å². The van der Waals surface area contributed by atoms with Gasteiger partial charge in [-0.05, 0) is 25.0 Å². The largest absolute Gasteiger partial charge is 0.494 e. The second-order valence-corrected chi connectivity index (χ2v) is 9.51. The van der Waals surface area contributed by atoms with Crippen molar-refractivity contribution in [2.45, 2.75) is 37.5 Å². The Labute approximate surface area is 220 Å². The Morgan fingerprint density at radius 3 is 2.67 bits per heavy atom. The molecule has 2 atom stereocenters. The first-order chi connectivity index (χ1) is 18.6. The first-order valence-corrected chi connectivity index (χ1v) is 12.1. The summed E-state index contributed by atoms with van der Waals surface area (Å²) in [7, 11) is 1.23. The van der Waals surface area contributed by atoms with E-state index in [-0.39, 0.29) is 42.5 Å². The molecule has 1 saturated heterocycles. The molecule has 4 aromatic rings. The Morgan fingerprint density at radius 2 is 1.92 bits per heavy atom. The van der Waals surface area contributed by atoms with E-state index in [1.54, 1.807) is 21.8 Å². The number of hydrogen-bond donors (Lipinski definition) is 3. The quantitative estimate of drug-likeness (QED) is 0.298. The van der Waals surface area contributed by atoms with E-state index >= 15 is 0 Å². The molecule has 0 spiro atoms. The summed E-state index contributed by atoms with van der Waals surface area (Å²) >= 11 is 0. The molecular formula is C25H26F4N8O2. The maximum atomic E-state index is 14.9. The van der Waals surface area contributed by atoms with Crippen molar-refractivity contribution in [3.8, 4) is 17.0 Å². The summed E-state index contributed by atoms with van der Waals surface area (Å²) < 4.78 is 62.6. The Morgan fingerprint density at radius 1 is 1.13 bits per heavy atom. The summed E-state index contributed by atoms with van der Waals surface area (Å²) in [5.41, 5.74) is 12.0. The average molecular weight is 547 g/mol. The van der Waals surface area contributed by atoms with E-state index < -0.39 is 29.7 Å². The number of anilines is 2. The number of piperidine rings is 1.